The molecule has 0 saturated carbocycles. The van der Waals surface area contributed by atoms with Crippen molar-refractivity contribution in [1.29, 1.82) is 0 Å². The second kappa shape index (κ2) is 7.96. The minimum absolute atomic E-state index is 0.103. The Morgan fingerprint density at radius 2 is 2.09 bits per heavy atom. The summed E-state index contributed by atoms with van der Waals surface area (Å²) < 4.78 is 6.19. The summed E-state index contributed by atoms with van der Waals surface area (Å²) in [5.41, 5.74) is 5.32. The van der Waals surface area contributed by atoms with Gasteiger partial charge in [-0.3, -0.25) is 4.79 Å². The van der Waals surface area contributed by atoms with Gasteiger partial charge in [0.05, 0.1) is 9.78 Å². The molecule has 0 heterocycles. The number of nitrogens with zero attached hydrogens (tertiary/aromatic N) is 1. The lowest BCUT2D eigenvalue weighted by Gasteiger charge is -2.08. The number of hydrogen-bond acceptors (Lipinski definition) is 4. The molecule has 0 radical (unpaired) electrons. The third kappa shape index (κ3) is 5.24. The number of phenolic OH excluding ortho intramolecular Hbond substituents is 1. The molecule has 120 valence electrons. The van der Waals surface area contributed by atoms with Gasteiger partial charge in [-0.1, -0.05) is 17.7 Å². The first-order valence-corrected chi connectivity index (χ1v) is 8.04. The van der Waals surface area contributed by atoms with Gasteiger partial charge in [0.2, 0.25) is 0 Å². The van der Waals surface area contributed by atoms with Gasteiger partial charge in [0.25, 0.3) is 5.91 Å². The molecule has 0 aliphatic heterocycles. The molecule has 2 rings (SSSR count). The van der Waals surface area contributed by atoms with E-state index in [4.69, 9.17) is 4.74 Å². The van der Waals surface area contributed by atoms with E-state index in [2.05, 4.69) is 10.5 Å². The molecule has 0 aromatic heterocycles. The lowest BCUT2D eigenvalue weighted by atomic mass is 10.1. The van der Waals surface area contributed by atoms with Crippen molar-refractivity contribution < 1.29 is 14.6 Å². The van der Waals surface area contributed by atoms with Gasteiger partial charge in [0.15, 0.2) is 6.61 Å². The van der Waals surface area contributed by atoms with E-state index in [0.29, 0.717) is 5.75 Å². The number of aryl methyl sites for hydroxylation is 2. The Morgan fingerprint density at radius 3 is 2.78 bits per heavy atom. The molecule has 0 bridgehead atoms. The number of hydrogen-bond donors (Lipinski definition) is 2. The standard InChI is InChI=1S/C17H17IN2O3/c1-11-3-6-16(12(2)7-11)23-10-17(22)20-19-9-13-4-5-15(21)14(18)8-13/h3-9,21H,10H2,1-2H3,(H,20,22). The fraction of sp³-hybridized carbons (Fsp3) is 0.176. The lowest BCUT2D eigenvalue weighted by Crippen LogP contribution is -2.24. The number of phenols is 1. The van der Waals surface area contributed by atoms with Crippen molar-refractivity contribution in [3.8, 4) is 11.5 Å². The zero-order valence-corrected chi connectivity index (χ0v) is 15.0. The Labute approximate surface area is 148 Å². The first-order chi connectivity index (χ1) is 11.0. The van der Waals surface area contributed by atoms with E-state index in [1.54, 1.807) is 18.2 Å². The number of amides is 1. The second-order valence-corrected chi connectivity index (χ2v) is 6.22. The largest absolute Gasteiger partial charge is 0.507 e. The van der Waals surface area contributed by atoms with Crippen LogP contribution in [0.4, 0.5) is 0 Å². The van der Waals surface area contributed by atoms with Crippen LogP contribution in [-0.2, 0) is 4.79 Å². The molecule has 0 saturated heterocycles. The smallest absolute Gasteiger partial charge is 0.277 e. The van der Waals surface area contributed by atoms with Gasteiger partial charge in [-0.2, -0.15) is 5.10 Å². The lowest BCUT2D eigenvalue weighted by molar-refractivity contribution is -0.123. The maximum Gasteiger partial charge on any atom is 0.277 e. The van der Waals surface area contributed by atoms with Crippen LogP contribution in [0, 0.1) is 17.4 Å². The van der Waals surface area contributed by atoms with Crippen molar-refractivity contribution in [2.24, 2.45) is 5.10 Å². The van der Waals surface area contributed by atoms with Crippen LogP contribution in [0.3, 0.4) is 0 Å². The summed E-state index contributed by atoms with van der Waals surface area (Å²) in [5.74, 6) is 0.561. The molecular weight excluding hydrogens is 407 g/mol. The monoisotopic (exact) mass is 424 g/mol. The van der Waals surface area contributed by atoms with E-state index >= 15 is 0 Å². The molecule has 2 aromatic carbocycles. The van der Waals surface area contributed by atoms with Crippen molar-refractivity contribution >= 4 is 34.7 Å². The molecule has 0 fully saturated rings. The van der Waals surface area contributed by atoms with Gasteiger partial charge in [-0.05, 0) is 71.8 Å². The van der Waals surface area contributed by atoms with Crippen molar-refractivity contribution in [2.75, 3.05) is 6.61 Å². The molecule has 0 spiro atoms. The highest BCUT2D eigenvalue weighted by Crippen LogP contribution is 2.19. The molecule has 0 unspecified atom stereocenters. The quantitative estimate of drug-likeness (QED) is 0.440. The number of carbonyl (C=O) groups excluding carboxylic acids is 1. The maximum absolute atomic E-state index is 11.7. The van der Waals surface area contributed by atoms with Crippen LogP contribution in [-0.4, -0.2) is 23.8 Å². The topological polar surface area (TPSA) is 70.9 Å². The van der Waals surface area contributed by atoms with Gasteiger partial charge in [-0.15, -0.1) is 0 Å². The van der Waals surface area contributed by atoms with Crippen LogP contribution in [0.2, 0.25) is 0 Å². The van der Waals surface area contributed by atoms with Crippen molar-refractivity contribution in [3.63, 3.8) is 0 Å². The number of benzene rings is 2. The minimum Gasteiger partial charge on any atom is -0.507 e. The highest BCUT2D eigenvalue weighted by atomic mass is 127. The zero-order chi connectivity index (χ0) is 16.8. The van der Waals surface area contributed by atoms with Crippen LogP contribution >= 0.6 is 22.6 Å². The van der Waals surface area contributed by atoms with E-state index in [1.165, 1.54) is 6.21 Å². The molecule has 5 nitrogen and oxygen atoms in total. The minimum atomic E-state index is -0.338. The second-order valence-electron chi connectivity index (χ2n) is 5.06. The molecule has 1 amide bonds. The first kappa shape index (κ1) is 17.3. The van der Waals surface area contributed by atoms with Crippen LogP contribution in [0.15, 0.2) is 41.5 Å². The number of halogens is 1. The average Bonchev–Trinajstić information content (AvgIpc) is 2.50. The number of hydrazone groups is 1. The van der Waals surface area contributed by atoms with Crippen LogP contribution in [0.1, 0.15) is 16.7 Å². The predicted octanol–water partition coefficient (Wildman–Crippen LogP) is 3.14. The summed E-state index contributed by atoms with van der Waals surface area (Å²) in [5, 5.41) is 13.3. The SMILES string of the molecule is Cc1ccc(OCC(=O)NN=Cc2ccc(O)c(I)c2)c(C)c1. The number of nitrogens with one attached hydrogen (secondary N) is 1. The van der Waals surface area contributed by atoms with Crippen LogP contribution in [0.5, 0.6) is 11.5 Å². The highest BCUT2D eigenvalue weighted by molar-refractivity contribution is 14.1. The first-order valence-electron chi connectivity index (χ1n) is 6.96. The van der Waals surface area contributed by atoms with Gasteiger partial charge >= 0.3 is 0 Å². The van der Waals surface area contributed by atoms with Gasteiger partial charge in [0, 0.05) is 0 Å². The van der Waals surface area contributed by atoms with E-state index in [9.17, 15) is 9.90 Å². The maximum atomic E-state index is 11.7. The van der Waals surface area contributed by atoms with Crippen molar-refractivity contribution in [1.82, 2.24) is 5.43 Å². The summed E-state index contributed by atoms with van der Waals surface area (Å²) in [6, 6.07) is 10.8. The Bertz CT molecular complexity index is 745. The molecule has 0 aliphatic rings. The van der Waals surface area contributed by atoms with Gasteiger partial charge in [0.1, 0.15) is 11.5 Å². The number of aromatic hydroxyl groups is 1. The molecule has 2 N–H and O–H groups in total. The Balaban J connectivity index is 1.85. The zero-order valence-electron chi connectivity index (χ0n) is 12.8. The Kier molecular flexibility index (Phi) is 5.97. The Hall–Kier alpha value is -2.09. The molecule has 0 aliphatic carbocycles. The molecule has 23 heavy (non-hydrogen) atoms. The number of ether oxygens (including phenoxy) is 1. The molecular formula is C17H17IN2O3. The Morgan fingerprint density at radius 1 is 1.30 bits per heavy atom. The molecule has 2 aromatic rings. The van der Waals surface area contributed by atoms with Gasteiger partial charge < -0.3 is 9.84 Å². The van der Waals surface area contributed by atoms with E-state index in [-0.39, 0.29) is 18.3 Å². The summed E-state index contributed by atoms with van der Waals surface area (Å²) in [6.07, 6.45) is 1.51. The summed E-state index contributed by atoms with van der Waals surface area (Å²) in [7, 11) is 0. The fourth-order valence-electron chi connectivity index (χ4n) is 1.92. The van der Waals surface area contributed by atoms with Crippen LogP contribution in [0.25, 0.3) is 0 Å². The third-order valence-corrected chi connectivity index (χ3v) is 3.93. The van der Waals surface area contributed by atoms with Crippen molar-refractivity contribution in [3.05, 3.63) is 56.7 Å². The van der Waals surface area contributed by atoms with E-state index in [0.717, 1.165) is 20.3 Å². The summed E-state index contributed by atoms with van der Waals surface area (Å²) >= 11 is 2.02. The molecule has 0 atom stereocenters. The number of rotatable bonds is 5. The third-order valence-electron chi connectivity index (χ3n) is 3.06. The van der Waals surface area contributed by atoms with Crippen LogP contribution < -0.4 is 10.2 Å². The van der Waals surface area contributed by atoms with E-state index in [1.807, 2.05) is 54.6 Å². The number of carbonyl (C=O) groups is 1. The van der Waals surface area contributed by atoms with Gasteiger partial charge in [-0.25, -0.2) is 5.43 Å². The summed E-state index contributed by atoms with van der Waals surface area (Å²) in [6.45, 7) is 3.84. The molecule has 6 heteroatoms. The van der Waals surface area contributed by atoms with E-state index < -0.39 is 0 Å². The summed E-state index contributed by atoms with van der Waals surface area (Å²) in [4.78, 5) is 11.7. The van der Waals surface area contributed by atoms with Crippen molar-refractivity contribution in [2.45, 2.75) is 13.8 Å². The normalized spacial score (nSPS) is 10.7. The predicted molar refractivity (Wildman–Crippen MR) is 98.0 cm³/mol. The fourth-order valence-corrected chi connectivity index (χ4v) is 2.46. The highest BCUT2D eigenvalue weighted by Gasteiger charge is 2.04. The average molecular weight is 424 g/mol.